The highest BCUT2D eigenvalue weighted by atomic mass is 16.5. The maximum Gasteiger partial charge on any atom is 0.278 e. The molecule has 1 atom stereocenters. The topological polar surface area (TPSA) is 107 Å². The Kier molecular flexibility index (Phi) is 5.09. The molecular formula is C21H21N5O4. The molecule has 1 aliphatic heterocycles. The fourth-order valence-electron chi connectivity index (χ4n) is 3.11. The first-order valence-electron chi connectivity index (χ1n) is 9.54. The second-order valence-corrected chi connectivity index (χ2v) is 6.78. The number of aromatic nitrogens is 3. The first-order valence-corrected chi connectivity index (χ1v) is 9.54. The van der Waals surface area contributed by atoms with Crippen LogP contribution in [0, 0.1) is 6.92 Å². The molecule has 0 spiro atoms. The van der Waals surface area contributed by atoms with Gasteiger partial charge < -0.3 is 20.1 Å². The van der Waals surface area contributed by atoms with E-state index in [4.69, 9.17) is 9.47 Å². The SMILES string of the molecule is CCOc1ccc(-n2nnc(C(=O)Nc3ccc4c(c3)NC(=O)C(C)O4)c2C)cc1. The fourth-order valence-corrected chi connectivity index (χ4v) is 3.11. The highest BCUT2D eigenvalue weighted by Gasteiger charge is 2.24. The van der Waals surface area contributed by atoms with Gasteiger partial charge in [0.25, 0.3) is 11.8 Å². The van der Waals surface area contributed by atoms with E-state index >= 15 is 0 Å². The molecule has 30 heavy (non-hydrogen) atoms. The van der Waals surface area contributed by atoms with Crippen LogP contribution >= 0.6 is 0 Å². The van der Waals surface area contributed by atoms with Crippen LogP contribution in [-0.2, 0) is 4.79 Å². The van der Waals surface area contributed by atoms with Crippen molar-refractivity contribution < 1.29 is 19.1 Å². The summed E-state index contributed by atoms with van der Waals surface area (Å²) in [6, 6.07) is 12.4. The van der Waals surface area contributed by atoms with Gasteiger partial charge in [-0.1, -0.05) is 5.21 Å². The molecule has 0 aliphatic carbocycles. The number of fused-ring (bicyclic) bond motifs is 1. The summed E-state index contributed by atoms with van der Waals surface area (Å²) in [6.45, 7) is 5.95. The minimum atomic E-state index is -0.557. The van der Waals surface area contributed by atoms with Gasteiger partial charge in [-0.15, -0.1) is 5.10 Å². The Morgan fingerprint density at radius 1 is 1.27 bits per heavy atom. The average Bonchev–Trinajstić information content (AvgIpc) is 3.11. The summed E-state index contributed by atoms with van der Waals surface area (Å²) in [5.41, 5.74) is 2.58. The number of carbonyl (C=O) groups excluding carboxylic acids is 2. The van der Waals surface area contributed by atoms with Gasteiger partial charge >= 0.3 is 0 Å². The average molecular weight is 407 g/mol. The van der Waals surface area contributed by atoms with Crippen molar-refractivity contribution in [1.29, 1.82) is 0 Å². The predicted octanol–water partition coefficient (Wildman–Crippen LogP) is 2.95. The third-order valence-corrected chi connectivity index (χ3v) is 4.67. The van der Waals surface area contributed by atoms with Crippen molar-refractivity contribution in [2.24, 2.45) is 0 Å². The number of carbonyl (C=O) groups is 2. The Morgan fingerprint density at radius 2 is 2.03 bits per heavy atom. The molecule has 1 aliphatic rings. The summed E-state index contributed by atoms with van der Waals surface area (Å²) in [7, 11) is 0. The van der Waals surface area contributed by atoms with Gasteiger partial charge in [-0.05, 0) is 63.2 Å². The maximum atomic E-state index is 12.7. The number of benzene rings is 2. The Hall–Kier alpha value is -3.88. The highest BCUT2D eigenvalue weighted by molar-refractivity contribution is 6.04. The molecular weight excluding hydrogens is 386 g/mol. The molecule has 2 heterocycles. The van der Waals surface area contributed by atoms with Crippen molar-refractivity contribution in [2.45, 2.75) is 26.9 Å². The van der Waals surface area contributed by atoms with Crippen LogP contribution in [0.25, 0.3) is 5.69 Å². The van der Waals surface area contributed by atoms with E-state index in [2.05, 4.69) is 20.9 Å². The summed E-state index contributed by atoms with van der Waals surface area (Å²) in [4.78, 5) is 24.5. The molecule has 1 aromatic heterocycles. The van der Waals surface area contributed by atoms with Crippen LogP contribution in [0.2, 0.25) is 0 Å². The van der Waals surface area contributed by atoms with Crippen molar-refractivity contribution in [2.75, 3.05) is 17.2 Å². The summed E-state index contributed by atoms with van der Waals surface area (Å²) in [5.74, 6) is 0.675. The molecule has 154 valence electrons. The van der Waals surface area contributed by atoms with E-state index < -0.39 is 12.0 Å². The van der Waals surface area contributed by atoms with Crippen LogP contribution < -0.4 is 20.1 Å². The van der Waals surface area contributed by atoms with Crippen molar-refractivity contribution in [3.05, 3.63) is 53.9 Å². The number of nitrogens with zero attached hydrogens (tertiary/aromatic N) is 3. The van der Waals surface area contributed by atoms with Gasteiger partial charge in [0.15, 0.2) is 11.8 Å². The highest BCUT2D eigenvalue weighted by Crippen LogP contribution is 2.32. The molecule has 2 aromatic carbocycles. The summed E-state index contributed by atoms with van der Waals surface area (Å²) < 4.78 is 12.6. The maximum absolute atomic E-state index is 12.7. The Labute approximate surface area is 173 Å². The fraction of sp³-hybridized carbons (Fsp3) is 0.238. The zero-order chi connectivity index (χ0) is 21.3. The van der Waals surface area contributed by atoms with E-state index in [0.717, 1.165) is 11.4 Å². The van der Waals surface area contributed by atoms with Gasteiger partial charge in [0.1, 0.15) is 11.5 Å². The number of hydrogen-bond acceptors (Lipinski definition) is 6. The molecule has 0 bridgehead atoms. The predicted molar refractivity (Wildman–Crippen MR) is 110 cm³/mol. The van der Waals surface area contributed by atoms with Gasteiger partial charge in [-0.2, -0.15) is 0 Å². The van der Waals surface area contributed by atoms with Crippen LogP contribution in [0.3, 0.4) is 0 Å². The lowest BCUT2D eigenvalue weighted by Gasteiger charge is -2.23. The third kappa shape index (κ3) is 3.69. The normalized spacial score (nSPS) is 15.0. The van der Waals surface area contributed by atoms with E-state index in [-0.39, 0.29) is 11.6 Å². The zero-order valence-electron chi connectivity index (χ0n) is 16.8. The quantitative estimate of drug-likeness (QED) is 0.673. The molecule has 1 unspecified atom stereocenters. The molecule has 0 radical (unpaired) electrons. The summed E-state index contributed by atoms with van der Waals surface area (Å²) in [6.07, 6.45) is -0.557. The number of nitrogens with one attached hydrogen (secondary N) is 2. The van der Waals surface area contributed by atoms with Crippen LogP contribution in [0.4, 0.5) is 11.4 Å². The zero-order valence-corrected chi connectivity index (χ0v) is 16.8. The first kappa shape index (κ1) is 19.4. The molecule has 0 fully saturated rings. The van der Waals surface area contributed by atoms with Crippen molar-refractivity contribution in [1.82, 2.24) is 15.0 Å². The first-order chi connectivity index (χ1) is 14.5. The second kappa shape index (κ2) is 7.86. The lowest BCUT2D eigenvalue weighted by Crippen LogP contribution is -2.34. The number of rotatable bonds is 5. The second-order valence-electron chi connectivity index (χ2n) is 6.78. The van der Waals surface area contributed by atoms with Crippen LogP contribution in [0.15, 0.2) is 42.5 Å². The van der Waals surface area contributed by atoms with E-state index in [1.54, 1.807) is 36.7 Å². The van der Waals surface area contributed by atoms with Gasteiger partial charge in [0, 0.05) is 5.69 Å². The number of hydrogen-bond donors (Lipinski definition) is 2. The smallest absolute Gasteiger partial charge is 0.278 e. The molecule has 0 saturated heterocycles. The van der Waals surface area contributed by atoms with Crippen LogP contribution in [0.1, 0.15) is 30.0 Å². The minimum Gasteiger partial charge on any atom is -0.494 e. The van der Waals surface area contributed by atoms with Crippen LogP contribution in [0.5, 0.6) is 11.5 Å². The number of amides is 2. The summed E-state index contributed by atoms with van der Waals surface area (Å²) in [5, 5.41) is 13.7. The lowest BCUT2D eigenvalue weighted by molar-refractivity contribution is -0.122. The molecule has 9 heteroatoms. The Bertz CT molecular complexity index is 1110. The van der Waals surface area contributed by atoms with Gasteiger partial charge in [0.05, 0.1) is 23.7 Å². The molecule has 4 rings (SSSR count). The molecule has 3 aromatic rings. The standard InChI is InChI=1S/C21H21N5O4/c1-4-29-16-8-6-15(7-9-16)26-12(2)19(24-25-26)21(28)22-14-5-10-18-17(11-14)23-20(27)13(3)30-18/h5-11,13H,4H2,1-3H3,(H,22,28)(H,23,27). The largest absolute Gasteiger partial charge is 0.494 e. The van der Waals surface area contributed by atoms with Crippen molar-refractivity contribution >= 4 is 23.2 Å². The minimum absolute atomic E-state index is 0.204. The van der Waals surface area contributed by atoms with Gasteiger partial charge in [0.2, 0.25) is 0 Å². The van der Waals surface area contributed by atoms with Gasteiger partial charge in [-0.3, -0.25) is 9.59 Å². The van der Waals surface area contributed by atoms with E-state index in [9.17, 15) is 9.59 Å². The van der Waals surface area contributed by atoms with Gasteiger partial charge in [-0.25, -0.2) is 4.68 Å². The summed E-state index contributed by atoms with van der Waals surface area (Å²) >= 11 is 0. The lowest BCUT2D eigenvalue weighted by atomic mass is 10.2. The Morgan fingerprint density at radius 3 is 2.77 bits per heavy atom. The van der Waals surface area contributed by atoms with E-state index in [1.165, 1.54) is 0 Å². The van der Waals surface area contributed by atoms with Crippen molar-refractivity contribution in [3.8, 4) is 17.2 Å². The molecule has 2 amide bonds. The molecule has 2 N–H and O–H groups in total. The van der Waals surface area contributed by atoms with Crippen LogP contribution in [-0.4, -0.2) is 39.5 Å². The molecule has 9 nitrogen and oxygen atoms in total. The number of anilines is 2. The number of ether oxygens (including phenoxy) is 2. The van der Waals surface area contributed by atoms with Crippen molar-refractivity contribution in [3.63, 3.8) is 0 Å². The Balaban J connectivity index is 1.52. The molecule has 0 saturated carbocycles. The monoisotopic (exact) mass is 407 g/mol. The van der Waals surface area contributed by atoms with E-state index in [1.807, 2.05) is 31.2 Å². The third-order valence-electron chi connectivity index (χ3n) is 4.67. The van der Waals surface area contributed by atoms with E-state index in [0.29, 0.717) is 29.4 Å².